The molecule has 0 aliphatic carbocycles. The number of carbonyl (C=O) groups excluding carboxylic acids is 2. The molecule has 1 heterocycles. The molecule has 3 nitrogen and oxygen atoms in total. The normalized spacial score (nSPS) is 21.1. The van der Waals surface area contributed by atoms with Gasteiger partial charge in [-0.2, -0.15) is 0 Å². The standard InChI is InChI=1S/C10H8BrNO2/c11-7-3-1-6(2-4-7)8-5-9(13)12-10(8)14/h1-4,8H,5H2,(H,12,13,14)/t8-/m0/s1. The third-order valence-electron chi connectivity index (χ3n) is 2.24. The Morgan fingerprint density at radius 3 is 2.36 bits per heavy atom. The molecule has 0 aromatic heterocycles. The molecule has 0 spiro atoms. The fourth-order valence-electron chi connectivity index (χ4n) is 1.52. The second-order valence-corrected chi connectivity index (χ2v) is 4.14. The van der Waals surface area contributed by atoms with Gasteiger partial charge in [0.1, 0.15) is 0 Å². The minimum Gasteiger partial charge on any atom is -0.296 e. The molecular formula is C10H8BrNO2. The molecule has 1 aromatic carbocycles. The maximum absolute atomic E-state index is 11.3. The maximum atomic E-state index is 11.3. The smallest absolute Gasteiger partial charge is 0.234 e. The average molecular weight is 254 g/mol. The van der Waals surface area contributed by atoms with Crippen molar-refractivity contribution in [3.63, 3.8) is 0 Å². The van der Waals surface area contributed by atoms with E-state index in [4.69, 9.17) is 0 Å². The Kier molecular flexibility index (Phi) is 2.37. The molecule has 2 rings (SSSR count). The molecule has 0 saturated carbocycles. The van der Waals surface area contributed by atoms with Crippen LogP contribution in [0.3, 0.4) is 0 Å². The lowest BCUT2D eigenvalue weighted by atomic mass is 9.98. The summed E-state index contributed by atoms with van der Waals surface area (Å²) in [4.78, 5) is 22.3. The largest absolute Gasteiger partial charge is 0.296 e. The molecule has 72 valence electrons. The molecule has 1 N–H and O–H groups in total. The van der Waals surface area contributed by atoms with Gasteiger partial charge in [-0.15, -0.1) is 0 Å². The molecule has 1 aliphatic rings. The quantitative estimate of drug-likeness (QED) is 0.773. The van der Waals surface area contributed by atoms with Gasteiger partial charge in [-0.25, -0.2) is 0 Å². The van der Waals surface area contributed by atoms with Crippen LogP contribution < -0.4 is 5.32 Å². The van der Waals surface area contributed by atoms with Crippen LogP contribution in [-0.2, 0) is 9.59 Å². The lowest BCUT2D eigenvalue weighted by molar-refractivity contribution is -0.125. The third-order valence-corrected chi connectivity index (χ3v) is 2.77. The molecule has 1 atom stereocenters. The van der Waals surface area contributed by atoms with E-state index in [9.17, 15) is 9.59 Å². The fraction of sp³-hybridized carbons (Fsp3) is 0.200. The summed E-state index contributed by atoms with van der Waals surface area (Å²) in [5.74, 6) is -0.698. The van der Waals surface area contributed by atoms with Gasteiger partial charge in [-0.3, -0.25) is 14.9 Å². The van der Waals surface area contributed by atoms with Crippen molar-refractivity contribution < 1.29 is 9.59 Å². The van der Waals surface area contributed by atoms with Crippen LogP contribution in [-0.4, -0.2) is 11.8 Å². The Balaban J connectivity index is 2.27. The summed E-state index contributed by atoms with van der Waals surface area (Å²) in [6.45, 7) is 0. The van der Waals surface area contributed by atoms with E-state index in [-0.39, 0.29) is 24.2 Å². The Morgan fingerprint density at radius 2 is 1.86 bits per heavy atom. The van der Waals surface area contributed by atoms with Gasteiger partial charge in [0, 0.05) is 10.9 Å². The van der Waals surface area contributed by atoms with Crippen molar-refractivity contribution in [1.29, 1.82) is 0 Å². The van der Waals surface area contributed by atoms with Gasteiger partial charge in [0.15, 0.2) is 0 Å². The number of nitrogens with one attached hydrogen (secondary N) is 1. The van der Waals surface area contributed by atoms with E-state index >= 15 is 0 Å². The number of imide groups is 1. The first-order valence-corrected chi connectivity index (χ1v) is 5.05. The number of benzene rings is 1. The molecule has 1 aromatic rings. The highest BCUT2D eigenvalue weighted by Gasteiger charge is 2.31. The first-order chi connectivity index (χ1) is 6.66. The van der Waals surface area contributed by atoms with Gasteiger partial charge < -0.3 is 0 Å². The second kappa shape index (κ2) is 3.53. The van der Waals surface area contributed by atoms with Crippen molar-refractivity contribution in [3.8, 4) is 0 Å². The van der Waals surface area contributed by atoms with Crippen LogP contribution in [0.15, 0.2) is 28.7 Å². The topological polar surface area (TPSA) is 46.2 Å². The third kappa shape index (κ3) is 1.70. The fourth-order valence-corrected chi connectivity index (χ4v) is 1.78. The van der Waals surface area contributed by atoms with Crippen LogP contribution in [0.5, 0.6) is 0 Å². The van der Waals surface area contributed by atoms with Crippen molar-refractivity contribution in [2.75, 3.05) is 0 Å². The lowest BCUT2D eigenvalue weighted by Gasteiger charge is -2.05. The Morgan fingerprint density at radius 1 is 1.21 bits per heavy atom. The number of hydrogen-bond donors (Lipinski definition) is 1. The van der Waals surface area contributed by atoms with Gasteiger partial charge >= 0.3 is 0 Å². The summed E-state index contributed by atoms with van der Waals surface area (Å²) < 4.78 is 0.964. The Hall–Kier alpha value is -1.16. The number of rotatable bonds is 1. The predicted molar refractivity (Wildman–Crippen MR) is 54.6 cm³/mol. The summed E-state index contributed by atoms with van der Waals surface area (Å²) in [7, 11) is 0. The molecule has 14 heavy (non-hydrogen) atoms. The maximum Gasteiger partial charge on any atom is 0.234 e. The van der Waals surface area contributed by atoms with Gasteiger partial charge in [-0.1, -0.05) is 28.1 Å². The number of amides is 2. The highest BCUT2D eigenvalue weighted by atomic mass is 79.9. The highest BCUT2D eigenvalue weighted by molar-refractivity contribution is 9.10. The Labute approximate surface area is 89.6 Å². The van der Waals surface area contributed by atoms with E-state index in [1.165, 1.54) is 0 Å². The highest BCUT2D eigenvalue weighted by Crippen LogP contribution is 2.25. The first-order valence-electron chi connectivity index (χ1n) is 4.26. The zero-order chi connectivity index (χ0) is 10.1. The molecular weight excluding hydrogens is 246 g/mol. The lowest BCUT2D eigenvalue weighted by Crippen LogP contribution is -2.21. The van der Waals surface area contributed by atoms with Crippen molar-refractivity contribution in [2.45, 2.75) is 12.3 Å². The van der Waals surface area contributed by atoms with Crippen LogP contribution in [0.4, 0.5) is 0 Å². The van der Waals surface area contributed by atoms with Crippen LogP contribution in [0, 0.1) is 0 Å². The van der Waals surface area contributed by atoms with Crippen LogP contribution in [0.1, 0.15) is 17.9 Å². The monoisotopic (exact) mass is 253 g/mol. The van der Waals surface area contributed by atoms with Gasteiger partial charge in [0.25, 0.3) is 0 Å². The molecule has 0 bridgehead atoms. The van der Waals surface area contributed by atoms with E-state index in [1.807, 2.05) is 24.3 Å². The van der Waals surface area contributed by atoms with Crippen LogP contribution in [0.25, 0.3) is 0 Å². The molecule has 1 aliphatic heterocycles. The van der Waals surface area contributed by atoms with Gasteiger partial charge in [-0.05, 0) is 17.7 Å². The summed E-state index contributed by atoms with van der Waals surface area (Å²) in [6.07, 6.45) is 0.264. The molecule has 0 unspecified atom stereocenters. The molecule has 0 radical (unpaired) electrons. The molecule has 1 fully saturated rings. The molecule has 4 heteroatoms. The predicted octanol–water partition coefficient (Wildman–Crippen LogP) is 1.58. The van der Waals surface area contributed by atoms with E-state index in [0.29, 0.717) is 0 Å². The second-order valence-electron chi connectivity index (χ2n) is 3.22. The summed E-state index contributed by atoms with van der Waals surface area (Å²) in [6, 6.07) is 7.44. The zero-order valence-corrected chi connectivity index (χ0v) is 8.87. The minimum absolute atomic E-state index is 0.192. The van der Waals surface area contributed by atoms with Crippen molar-refractivity contribution in [3.05, 3.63) is 34.3 Å². The number of hydrogen-bond acceptors (Lipinski definition) is 2. The molecule has 1 saturated heterocycles. The number of carbonyl (C=O) groups is 2. The van der Waals surface area contributed by atoms with E-state index in [2.05, 4.69) is 21.2 Å². The van der Waals surface area contributed by atoms with E-state index in [1.54, 1.807) is 0 Å². The first kappa shape index (κ1) is 9.40. The van der Waals surface area contributed by atoms with Crippen LogP contribution >= 0.6 is 15.9 Å². The molecule has 2 amide bonds. The van der Waals surface area contributed by atoms with Crippen molar-refractivity contribution in [1.82, 2.24) is 5.32 Å². The van der Waals surface area contributed by atoms with Gasteiger partial charge in [0.2, 0.25) is 11.8 Å². The van der Waals surface area contributed by atoms with E-state index < -0.39 is 0 Å². The number of halogens is 1. The van der Waals surface area contributed by atoms with Gasteiger partial charge in [0.05, 0.1) is 5.92 Å². The summed E-state index contributed by atoms with van der Waals surface area (Å²) in [5, 5.41) is 2.29. The van der Waals surface area contributed by atoms with Crippen LogP contribution in [0.2, 0.25) is 0 Å². The average Bonchev–Trinajstić information content (AvgIpc) is 2.47. The minimum atomic E-state index is -0.310. The summed E-state index contributed by atoms with van der Waals surface area (Å²) in [5.41, 5.74) is 0.886. The van der Waals surface area contributed by atoms with Crippen molar-refractivity contribution in [2.24, 2.45) is 0 Å². The van der Waals surface area contributed by atoms with Crippen molar-refractivity contribution >= 4 is 27.7 Å². The summed E-state index contributed by atoms with van der Waals surface area (Å²) >= 11 is 3.31. The SMILES string of the molecule is O=C1C[C@@H](c2ccc(Br)cc2)C(=O)N1. The van der Waals surface area contributed by atoms with E-state index in [0.717, 1.165) is 10.0 Å². The Bertz CT molecular complexity index is 386. The zero-order valence-electron chi connectivity index (χ0n) is 7.29.